The minimum absolute atomic E-state index is 0.0917. The molecule has 0 radical (unpaired) electrons. The van der Waals surface area contributed by atoms with Crippen LogP contribution < -0.4 is 11.2 Å². The van der Waals surface area contributed by atoms with E-state index in [2.05, 4.69) is 10.3 Å². The summed E-state index contributed by atoms with van der Waals surface area (Å²) in [5, 5.41) is 2.59. The Labute approximate surface area is 71.3 Å². The first-order valence-corrected chi connectivity index (χ1v) is 3.65. The van der Waals surface area contributed by atoms with Crippen LogP contribution in [0.5, 0.6) is 0 Å². The molecule has 0 fully saturated rings. The molecule has 0 aliphatic heterocycles. The van der Waals surface area contributed by atoms with Gasteiger partial charge in [-0.2, -0.15) is 0 Å². The average Bonchev–Trinajstić information content (AvgIpc) is 2.33. The Kier molecular flexibility index (Phi) is 2.37. The van der Waals surface area contributed by atoms with Gasteiger partial charge in [-0.25, -0.2) is 4.98 Å². The van der Waals surface area contributed by atoms with Gasteiger partial charge in [0.15, 0.2) is 0 Å². The third-order valence-corrected chi connectivity index (χ3v) is 1.70. The molecule has 1 heterocycles. The zero-order chi connectivity index (χ0) is 9.14. The van der Waals surface area contributed by atoms with Crippen LogP contribution in [-0.4, -0.2) is 23.9 Å². The van der Waals surface area contributed by atoms with Crippen molar-refractivity contribution < 1.29 is 4.79 Å². The van der Waals surface area contributed by atoms with E-state index in [1.807, 2.05) is 7.85 Å². The summed E-state index contributed by atoms with van der Waals surface area (Å²) >= 11 is 0. The van der Waals surface area contributed by atoms with Crippen molar-refractivity contribution >= 4 is 14.3 Å². The standard InChI is InChI=1S/C6H11BN4O/c1-4-10-5(2-11(4)8)6(7)9-3-12/h2-3,6H,7-8H2,1H3,(H,9,12). The van der Waals surface area contributed by atoms with E-state index in [9.17, 15) is 4.79 Å². The van der Waals surface area contributed by atoms with Gasteiger partial charge in [0.2, 0.25) is 6.41 Å². The highest BCUT2D eigenvalue weighted by atomic mass is 16.1. The van der Waals surface area contributed by atoms with Crippen molar-refractivity contribution in [2.75, 3.05) is 5.84 Å². The molecular formula is C6H11BN4O. The zero-order valence-corrected chi connectivity index (χ0v) is 7.11. The summed E-state index contributed by atoms with van der Waals surface area (Å²) in [5.74, 6) is 6.15. The van der Waals surface area contributed by atoms with Crippen LogP contribution in [-0.2, 0) is 4.79 Å². The number of aryl methyl sites for hydroxylation is 1. The molecule has 0 aliphatic rings. The molecule has 1 amide bonds. The maximum absolute atomic E-state index is 10.1. The third-order valence-electron chi connectivity index (χ3n) is 1.70. The summed E-state index contributed by atoms with van der Waals surface area (Å²) in [6, 6.07) is 0. The molecular weight excluding hydrogens is 155 g/mol. The largest absolute Gasteiger partial charge is 0.358 e. The molecule has 1 aromatic heterocycles. The van der Waals surface area contributed by atoms with E-state index in [0.29, 0.717) is 6.41 Å². The van der Waals surface area contributed by atoms with Crippen LogP contribution in [0.2, 0.25) is 0 Å². The van der Waals surface area contributed by atoms with Crippen molar-refractivity contribution in [3.63, 3.8) is 0 Å². The van der Waals surface area contributed by atoms with Gasteiger partial charge in [-0.05, 0) is 6.92 Å². The van der Waals surface area contributed by atoms with Gasteiger partial charge in [-0.1, -0.05) is 0 Å². The summed E-state index contributed by atoms with van der Waals surface area (Å²) < 4.78 is 1.43. The summed E-state index contributed by atoms with van der Waals surface area (Å²) in [6.45, 7) is 1.80. The molecule has 0 bridgehead atoms. The minimum Gasteiger partial charge on any atom is -0.358 e. The predicted molar refractivity (Wildman–Crippen MR) is 47.6 cm³/mol. The van der Waals surface area contributed by atoms with Gasteiger partial charge >= 0.3 is 0 Å². The highest BCUT2D eigenvalue weighted by Gasteiger charge is 2.08. The summed E-state index contributed by atoms with van der Waals surface area (Å²) in [6.07, 6.45) is 2.34. The molecule has 0 aliphatic carbocycles. The maximum Gasteiger partial charge on any atom is 0.207 e. The fourth-order valence-corrected chi connectivity index (χ4v) is 0.905. The van der Waals surface area contributed by atoms with Gasteiger partial charge in [0.1, 0.15) is 13.7 Å². The lowest BCUT2D eigenvalue weighted by atomic mass is 9.94. The van der Waals surface area contributed by atoms with Gasteiger partial charge in [0.25, 0.3) is 0 Å². The van der Waals surface area contributed by atoms with E-state index < -0.39 is 0 Å². The smallest absolute Gasteiger partial charge is 0.207 e. The van der Waals surface area contributed by atoms with E-state index in [1.165, 1.54) is 4.68 Å². The van der Waals surface area contributed by atoms with Crippen LogP contribution >= 0.6 is 0 Å². The van der Waals surface area contributed by atoms with Gasteiger partial charge in [-0.15, -0.1) is 0 Å². The molecule has 0 saturated carbocycles. The first-order chi connectivity index (χ1) is 5.65. The normalized spacial score (nSPS) is 12.4. The topological polar surface area (TPSA) is 72.9 Å². The van der Waals surface area contributed by atoms with Crippen molar-refractivity contribution in [3.8, 4) is 0 Å². The Hall–Kier alpha value is -1.46. The van der Waals surface area contributed by atoms with E-state index >= 15 is 0 Å². The number of rotatable bonds is 3. The van der Waals surface area contributed by atoms with E-state index in [4.69, 9.17) is 5.84 Å². The second-order valence-corrected chi connectivity index (χ2v) is 2.63. The molecule has 1 atom stereocenters. The van der Waals surface area contributed by atoms with Crippen LogP contribution in [0.15, 0.2) is 6.20 Å². The number of imidazole rings is 1. The first-order valence-electron chi connectivity index (χ1n) is 3.65. The first kappa shape index (κ1) is 8.64. The minimum atomic E-state index is -0.0917. The second kappa shape index (κ2) is 3.29. The molecule has 12 heavy (non-hydrogen) atoms. The fraction of sp³-hybridized carbons (Fsp3) is 0.333. The van der Waals surface area contributed by atoms with E-state index in [1.54, 1.807) is 13.1 Å². The Balaban J connectivity index is 2.80. The molecule has 5 nitrogen and oxygen atoms in total. The highest BCUT2D eigenvalue weighted by Crippen LogP contribution is 2.05. The van der Waals surface area contributed by atoms with Crippen molar-refractivity contribution in [1.82, 2.24) is 15.0 Å². The van der Waals surface area contributed by atoms with Crippen LogP contribution in [0, 0.1) is 6.92 Å². The number of amides is 1. The molecule has 0 saturated heterocycles. The van der Waals surface area contributed by atoms with E-state index in [0.717, 1.165) is 11.5 Å². The number of hydrogen-bond acceptors (Lipinski definition) is 3. The Morgan fingerprint density at radius 3 is 3.00 bits per heavy atom. The van der Waals surface area contributed by atoms with Gasteiger partial charge in [0.05, 0.1) is 11.9 Å². The maximum atomic E-state index is 10.1. The second-order valence-electron chi connectivity index (χ2n) is 2.63. The monoisotopic (exact) mass is 166 g/mol. The van der Waals surface area contributed by atoms with Crippen molar-refractivity contribution in [3.05, 3.63) is 17.7 Å². The summed E-state index contributed by atoms with van der Waals surface area (Å²) in [4.78, 5) is 14.2. The van der Waals surface area contributed by atoms with Gasteiger partial charge < -0.3 is 11.2 Å². The number of carbonyl (C=O) groups excluding carboxylic acids is 1. The molecule has 3 N–H and O–H groups in total. The van der Waals surface area contributed by atoms with Crippen molar-refractivity contribution in [2.45, 2.75) is 12.9 Å². The molecule has 1 unspecified atom stereocenters. The lowest BCUT2D eigenvalue weighted by Crippen LogP contribution is -2.19. The quantitative estimate of drug-likeness (QED) is 0.318. The number of nitrogens with two attached hydrogens (primary N) is 1. The fourth-order valence-electron chi connectivity index (χ4n) is 0.905. The molecule has 0 spiro atoms. The lowest BCUT2D eigenvalue weighted by Gasteiger charge is -2.04. The number of hydrogen-bond donors (Lipinski definition) is 2. The highest BCUT2D eigenvalue weighted by molar-refractivity contribution is 6.12. The Morgan fingerprint density at radius 1 is 1.92 bits per heavy atom. The molecule has 64 valence electrons. The predicted octanol–water partition coefficient (Wildman–Crippen LogP) is -1.72. The number of carbonyl (C=O) groups is 1. The number of nitrogens with zero attached hydrogens (tertiary/aromatic N) is 2. The van der Waals surface area contributed by atoms with E-state index in [-0.39, 0.29) is 5.94 Å². The third kappa shape index (κ3) is 1.58. The van der Waals surface area contributed by atoms with Crippen molar-refractivity contribution in [1.29, 1.82) is 0 Å². The SMILES string of the molecule is BC(NC=O)c1cn(N)c(C)n1. The number of nitrogens with one attached hydrogen (secondary N) is 1. The molecule has 0 aromatic carbocycles. The molecule has 1 rings (SSSR count). The Bertz CT molecular complexity index is 266. The van der Waals surface area contributed by atoms with Crippen LogP contribution in [0.4, 0.5) is 0 Å². The zero-order valence-electron chi connectivity index (χ0n) is 7.11. The van der Waals surface area contributed by atoms with Crippen LogP contribution in [0.1, 0.15) is 17.5 Å². The lowest BCUT2D eigenvalue weighted by molar-refractivity contribution is -0.109. The average molecular weight is 166 g/mol. The van der Waals surface area contributed by atoms with Crippen LogP contribution in [0.3, 0.4) is 0 Å². The van der Waals surface area contributed by atoms with Crippen molar-refractivity contribution in [2.24, 2.45) is 0 Å². The number of nitrogen functional groups attached to an aromatic ring is 1. The van der Waals surface area contributed by atoms with Gasteiger partial charge in [0, 0.05) is 5.94 Å². The van der Waals surface area contributed by atoms with Gasteiger partial charge in [-0.3, -0.25) is 9.47 Å². The molecule has 6 heteroatoms. The number of aromatic nitrogens is 2. The summed E-state index contributed by atoms with van der Waals surface area (Å²) in [5.41, 5.74) is 0.766. The van der Waals surface area contributed by atoms with Crippen LogP contribution in [0.25, 0.3) is 0 Å². The Morgan fingerprint density at radius 2 is 2.58 bits per heavy atom. The summed E-state index contributed by atoms with van der Waals surface area (Å²) in [7, 11) is 1.84. The molecule has 1 aromatic rings.